The zero-order valence-corrected chi connectivity index (χ0v) is 10.7. The van der Waals surface area contributed by atoms with Crippen molar-refractivity contribution >= 4 is 11.8 Å². The maximum absolute atomic E-state index is 5.83. The second kappa shape index (κ2) is 5.33. The van der Waals surface area contributed by atoms with Crippen LogP contribution in [0.3, 0.4) is 0 Å². The fourth-order valence-corrected chi connectivity index (χ4v) is 1.83. The Morgan fingerprint density at radius 1 is 1.35 bits per heavy atom. The van der Waals surface area contributed by atoms with Gasteiger partial charge in [-0.05, 0) is 36.9 Å². The molecule has 0 fully saturated rings. The lowest BCUT2D eigenvalue weighted by atomic mass is 10.2. The van der Waals surface area contributed by atoms with Gasteiger partial charge in [0.05, 0.1) is 6.04 Å². The first-order valence-electron chi connectivity index (χ1n) is 5.48. The van der Waals surface area contributed by atoms with Crippen LogP contribution in [0.25, 0.3) is 11.4 Å². The average Bonchev–Trinajstić information content (AvgIpc) is 2.87. The van der Waals surface area contributed by atoms with Gasteiger partial charge in [-0.25, -0.2) is 0 Å². The van der Waals surface area contributed by atoms with Crippen LogP contribution in [-0.4, -0.2) is 16.4 Å². The van der Waals surface area contributed by atoms with E-state index in [2.05, 4.69) is 10.1 Å². The summed E-state index contributed by atoms with van der Waals surface area (Å²) in [5.74, 6) is 1.09. The van der Waals surface area contributed by atoms with Crippen molar-refractivity contribution in [3.8, 4) is 11.4 Å². The Morgan fingerprint density at radius 2 is 2.06 bits per heavy atom. The maximum atomic E-state index is 5.83. The molecule has 0 radical (unpaired) electrons. The van der Waals surface area contributed by atoms with Gasteiger partial charge in [0.25, 0.3) is 0 Å². The van der Waals surface area contributed by atoms with Gasteiger partial charge in [-0.2, -0.15) is 4.98 Å². The molecule has 17 heavy (non-hydrogen) atoms. The predicted octanol–water partition coefficient (Wildman–Crippen LogP) is 2.87. The summed E-state index contributed by atoms with van der Waals surface area (Å²) in [6.45, 7) is 1.99. The van der Waals surface area contributed by atoms with E-state index < -0.39 is 0 Å². The molecular weight excluding hydrogens is 234 g/mol. The second-order valence-electron chi connectivity index (χ2n) is 3.70. The highest BCUT2D eigenvalue weighted by molar-refractivity contribution is 7.98. The fourth-order valence-electron chi connectivity index (χ4n) is 1.42. The number of benzene rings is 1. The molecule has 0 aliphatic rings. The van der Waals surface area contributed by atoms with E-state index in [1.165, 1.54) is 4.90 Å². The van der Waals surface area contributed by atoms with E-state index in [-0.39, 0.29) is 6.04 Å². The zero-order chi connectivity index (χ0) is 12.3. The Hall–Kier alpha value is -1.33. The van der Waals surface area contributed by atoms with Crippen LogP contribution in [0, 0.1) is 0 Å². The third kappa shape index (κ3) is 2.68. The fraction of sp³-hybridized carbons (Fsp3) is 0.333. The summed E-state index contributed by atoms with van der Waals surface area (Å²) in [6, 6.07) is 7.86. The molecule has 0 bridgehead atoms. The van der Waals surface area contributed by atoms with Crippen molar-refractivity contribution in [2.75, 3.05) is 6.26 Å². The van der Waals surface area contributed by atoms with E-state index in [9.17, 15) is 0 Å². The molecule has 90 valence electrons. The zero-order valence-electron chi connectivity index (χ0n) is 9.88. The number of aromatic nitrogens is 2. The molecule has 4 nitrogen and oxygen atoms in total. The third-order valence-corrected chi connectivity index (χ3v) is 3.29. The van der Waals surface area contributed by atoms with Crippen LogP contribution in [0.15, 0.2) is 33.7 Å². The highest BCUT2D eigenvalue weighted by atomic mass is 32.2. The van der Waals surface area contributed by atoms with E-state index in [0.29, 0.717) is 11.7 Å². The molecule has 0 saturated heterocycles. The molecule has 1 heterocycles. The lowest BCUT2D eigenvalue weighted by Gasteiger charge is -1.99. The molecule has 0 aliphatic heterocycles. The summed E-state index contributed by atoms with van der Waals surface area (Å²) in [7, 11) is 0. The predicted molar refractivity (Wildman–Crippen MR) is 68.7 cm³/mol. The van der Waals surface area contributed by atoms with Crippen molar-refractivity contribution in [3.05, 3.63) is 30.2 Å². The molecule has 2 rings (SSSR count). The van der Waals surface area contributed by atoms with Crippen LogP contribution in [-0.2, 0) is 0 Å². The van der Waals surface area contributed by atoms with Crippen LogP contribution in [0.5, 0.6) is 0 Å². The molecule has 2 N–H and O–H groups in total. The van der Waals surface area contributed by atoms with Crippen molar-refractivity contribution in [1.82, 2.24) is 10.1 Å². The lowest BCUT2D eigenvalue weighted by molar-refractivity contribution is 0.352. The minimum Gasteiger partial charge on any atom is -0.337 e. The Balaban J connectivity index is 2.24. The topological polar surface area (TPSA) is 64.9 Å². The summed E-state index contributed by atoms with van der Waals surface area (Å²) >= 11 is 1.70. The van der Waals surface area contributed by atoms with Gasteiger partial charge in [-0.3, -0.25) is 0 Å². The van der Waals surface area contributed by atoms with Crippen LogP contribution < -0.4 is 5.73 Å². The number of nitrogens with zero attached hydrogens (tertiary/aromatic N) is 2. The minimum atomic E-state index is -0.179. The molecule has 1 atom stereocenters. The summed E-state index contributed by atoms with van der Waals surface area (Å²) in [6.07, 6.45) is 2.83. The Morgan fingerprint density at radius 3 is 2.65 bits per heavy atom. The molecule has 0 aliphatic carbocycles. The summed E-state index contributed by atoms with van der Waals surface area (Å²) in [4.78, 5) is 5.51. The molecule has 0 unspecified atom stereocenters. The molecule has 0 amide bonds. The van der Waals surface area contributed by atoms with Crippen LogP contribution in [0.4, 0.5) is 0 Å². The molecule has 1 aromatic heterocycles. The standard InChI is InChI=1S/C12H15N3OS/c1-3-10(13)12-14-11(15-16-12)8-4-6-9(17-2)7-5-8/h4-7,10H,3,13H2,1-2H3/t10-/m1/s1. The van der Waals surface area contributed by atoms with E-state index in [4.69, 9.17) is 10.3 Å². The highest BCUT2D eigenvalue weighted by Gasteiger charge is 2.13. The van der Waals surface area contributed by atoms with Crippen molar-refractivity contribution in [3.63, 3.8) is 0 Å². The van der Waals surface area contributed by atoms with Gasteiger partial charge in [0, 0.05) is 10.5 Å². The number of hydrogen-bond donors (Lipinski definition) is 1. The van der Waals surface area contributed by atoms with E-state index in [0.717, 1.165) is 12.0 Å². The number of thioether (sulfide) groups is 1. The molecule has 1 aromatic carbocycles. The first-order valence-corrected chi connectivity index (χ1v) is 6.70. The summed E-state index contributed by atoms with van der Waals surface area (Å²) < 4.78 is 5.14. The maximum Gasteiger partial charge on any atom is 0.243 e. The van der Waals surface area contributed by atoms with Crippen LogP contribution in [0.2, 0.25) is 0 Å². The quantitative estimate of drug-likeness (QED) is 0.844. The number of rotatable bonds is 4. The molecule has 0 saturated carbocycles. The minimum absolute atomic E-state index is 0.179. The van der Waals surface area contributed by atoms with Gasteiger partial charge in [0.1, 0.15) is 0 Å². The molecular formula is C12H15N3OS. The van der Waals surface area contributed by atoms with E-state index >= 15 is 0 Å². The van der Waals surface area contributed by atoms with E-state index in [1.54, 1.807) is 11.8 Å². The van der Waals surface area contributed by atoms with Crippen LogP contribution in [0.1, 0.15) is 25.3 Å². The first-order chi connectivity index (χ1) is 8.24. The Kier molecular flexibility index (Phi) is 3.81. The van der Waals surface area contributed by atoms with E-state index in [1.807, 2.05) is 37.4 Å². The van der Waals surface area contributed by atoms with Crippen LogP contribution >= 0.6 is 11.8 Å². The first kappa shape index (κ1) is 12.1. The van der Waals surface area contributed by atoms with Gasteiger partial charge in [-0.15, -0.1) is 11.8 Å². The molecule has 0 spiro atoms. The largest absolute Gasteiger partial charge is 0.337 e. The highest BCUT2D eigenvalue weighted by Crippen LogP contribution is 2.22. The molecule has 2 aromatic rings. The number of hydrogen-bond acceptors (Lipinski definition) is 5. The SMILES string of the molecule is CC[C@@H](N)c1nc(-c2ccc(SC)cc2)no1. The Labute approximate surface area is 105 Å². The lowest BCUT2D eigenvalue weighted by Crippen LogP contribution is -2.08. The van der Waals surface area contributed by atoms with Crippen molar-refractivity contribution in [1.29, 1.82) is 0 Å². The second-order valence-corrected chi connectivity index (χ2v) is 4.58. The molecule has 5 heteroatoms. The van der Waals surface area contributed by atoms with Gasteiger partial charge < -0.3 is 10.3 Å². The monoisotopic (exact) mass is 249 g/mol. The van der Waals surface area contributed by atoms with Crippen molar-refractivity contribution in [2.45, 2.75) is 24.3 Å². The third-order valence-electron chi connectivity index (χ3n) is 2.55. The summed E-state index contributed by atoms with van der Waals surface area (Å²) in [5, 5.41) is 3.94. The van der Waals surface area contributed by atoms with Gasteiger partial charge in [0.15, 0.2) is 0 Å². The smallest absolute Gasteiger partial charge is 0.243 e. The normalized spacial score (nSPS) is 12.6. The van der Waals surface area contributed by atoms with Crippen molar-refractivity contribution in [2.24, 2.45) is 5.73 Å². The number of nitrogens with two attached hydrogens (primary N) is 1. The summed E-state index contributed by atoms with van der Waals surface area (Å²) in [5.41, 5.74) is 6.78. The van der Waals surface area contributed by atoms with Gasteiger partial charge in [-0.1, -0.05) is 12.1 Å². The average molecular weight is 249 g/mol. The van der Waals surface area contributed by atoms with Gasteiger partial charge >= 0.3 is 0 Å². The van der Waals surface area contributed by atoms with Crippen molar-refractivity contribution < 1.29 is 4.52 Å². The van der Waals surface area contributed by atoms with Gasteiger partial charge in [0.2, 0.25) is 11.7 Å². The Bertz CT molecular complexity index is 481.